The second kappa shape index (κ2) is 5.67. The van der Waals surface area contributed by atoms with Gasteiger partial charge in [0.25, 0.3) is 0 Å². The maximum absolute atomic E-state index is 5.55. The lowest BCUT2D eigenvalue weighted by Crippen LogP contribution is -2.44. The van der Waals surface area contributed by atoms with Gasteiger partial charge < -0.3 is 10.1 Å². The van der Waals surface area contributed by atoms with Gasteiger partial charge in [-0.1, -0.05) is 0 Å². The van der Waals surface area contributed by atoms with Crippen LogP contribution in [0.15, 0.2) is 4.99 Å². The molecule has 3 rings (SSSR count). The summed E-state index contributed by atoms with van der Waals surface area (Å²) in [4.78, 5) is 4.48. The molecule has 19 heavy (non-hydrogen) atoms. The molecule has 4 unspecified atom stereocenters. The molecule has 0 aromatic rings. The Kier molecular flexibility index (Phi) is 3.93. The average molecular weight is 266 g/mol. The van der Waals surface area contributed by atoms with Crippen molar-refractivity contribution >= 4 is 5.96 Å². The molecule has 4 N–H and O–H groups in total. The molecule has 0 aromatic heterocycles. The SMILES string of the molecule is CCOCCCN=C(NN)NC1C2C3CCC(C3)C12. The summed E-state index contributed by atoms with van der Waals surface area (Å²) in [6.07, 6.45) is 5.32. The summed E-state index contributed by atoms with van der Waals surface area (Å²) in [7, 11) is 0. The monoisotopic (exact) mass is 266 g/mol. The van der Waals surface area contributed by atoms with Gasteiger partial charge in [-0.2, -0.15) is 0 Å². The van der Waals surface area contributed by atoms with Crippen LogP contribution in [0.5, 0.6) is 0 Å². The molecule has 3 aliphatic carbocycles. The van der Waals surface area contributed by atoms with Crippen LogP contribution in [0.4, 0.5) is 0 Å². The highest BCUT2D eigenvalue weighted by Gasteiger charge is 2.65. The second-order valence-corrected chi connectivity index (χ2v) is 6.08. The molecule has 0 heterocycles. The number of aliphatic imine (C=N–C) groups is 1. The second-order valence-electron chi connectivity index (χ2n) is 6.08. The van der Waals surface area contributed by atoms with E-state index in [0.717, 1.165) is 55.8 Å². The molecule has 0 radical (unpaired) electrons. The van der Waals surface area contributed by atoms with E-state index >= 15 is 0 Å². The molecular weight excluding hydrogens is 240 g/mol. The molecule has 5 nitrogen and oxygen atoms in total. The lowest BCUT2D eigenvalue weighted by Gasteiger charge is -2.13. The van der Waals surface area contributed by atoms with Crippen LogP contribution in [0.1, 0.15) is 32.6 Å². The summed E-state index contributed by atoms with van der Waals surface area (Å²) in [5.74, 6) is 10.1. The van der Waals surface area contributed by atoms with Crippen LogP contribution in [0.3, 0.4) is 0 Å². The van der Waals surface area contributed by atoms with Crippen molar-refractivity contribution in [3.63, 3.8) is 0 Å². The van der Waals surface area contributed by atoms with Gasteiger partial charge in [-0.05, 0) is 56.3 Å². The van der Waals surface area contributed by atoms with Crippen molar-refractivity contribution in [2.75, 3.05) is 19.8 Å². The van der Waals surface area contributed by atoms with E-state index in [-0.39, 0.29) is 0 Å². The van der Waals surface area contributed by atoms with Crippen LogP contribution in [-0.2, 0) is 4.74 Å². The van der Waals surface area contributed by atoms with Crippen LogP contribution in [0.2, 0.25) is 0 Å². The first-order valence-corrected chi connectivity index (χ1v) is 7.70. The zero-order chi connectivity index (χ0) is 13.2. The number of hydrogen-bond acceptors (Lipinski definition) is 3. The van der Waals surface area contributed by atoms with E-state index in [2.05, 4.69) is 15.7 Å². The molecule has 108 valence electrons. The molecule has 3 aliphatic rings. The fourth-order valence-electron chi connectivity index (χ4n) is 4.31. The molecule has 0 spiro atoms. The van der Waals surface area contributed by atoms with Gasteiger partial charge in [0.05, 0.1) is 0 Å². The zero-order valence-electron chi connectivity index (χ0n) is 11.8. The molecule has 4 atom stereocenters. The average Bonchev–Trinajstić information content (AvgIpc) is 2.83. The highest BCUT2D eigenvalue weighted by Crippen LogP contribution is 2.65. The number of guanidine groups is 1. The minimum absolute atomic E-state index is 0.632. The van der Waals surface area contributed by atoms with Crippen molar-refractivity contribution in [1.82, 2.24) is 10.7 Å². The molecule has 2 bridgehead atoms. The van der Waals surface area contributed by atoms with Crippen LogP contribution in [0.25, 0.3) is 0 Å². The van der Waals surface area contributed by atoms with E-state index in [1.54, 1.807) is 0 Å². The van der Waals surface area contributed by atoms with Crippen molar-refractivity contribution in [3.05, 3.63) is 0 Å². The molecule has 5 heteroatoms. The summed E-state index contributed by atoms with van der Waals surface area (Å²) in [5, 5.41) is 3.51. The fourth-order valence-corrected chi connectivity index (χ4v) is 4.31. The Morgan fingerprint density at radius 1 is 1.32 bits per heavy atom. The van der Waals surface area contributed by atoms with Gasteiger partial charge in [0.2, 0.25) is 5.96 Å². The molecule has 0 aromatic carbocycles. The Morgan fingerprint density at radius 2 is 2.05 bits per heavy atom. The number of nitrogens with two attached hydrogens (primary N) is 1. The molecule has 3 saturated carbocycles. The van der Waals surface area contributed by atoms with Crippen LogP contribution < -0.4 is 16.6 Å². The lowest BCUT2D eigenvalue weighted by molar-refractivity contribution is 0.146. The number of ether oxygens (including phenoxy) is 1. The number of nitrogens with one attached hydrogen (secondary N) is 2. The highest BCUT2D eigenvalue weighted by molar-refractivity contribution is 5.80. The summed E-state index contributed by atoms with van der Waals surface area (Å²) >= 11 is 0. The maximum Gasteiger partial charge on any atom is 0.205 e. The van der Waals surface area contributed by atoms with E-state index < -0.39 is 0 Å². The van der Waals surface area contributed by atoms with Gasteiger partial charge in [-0.15, -0.1) is 0 Å². The first-order chi connectivity index (χ1) is 9.35. The van der Waals surface area contributed by atoms with Crippen molar-refractivity contribution < 1.29 is 4.74 Å². The topological polar surface area (TPSA) is 71.7 Å². The van der Waals surface area contributed by atoms with Gasteiger partial charge in [0, 0.05) is 25.8 Å². The van der Waals surface area contributed by atoms with Gasteiger partial charge in [-0.25, -0.2) is 5.84 Å². The molecule has 0 saturated heterocycles. The standard InChI is InChI=1S/C14H26N4O/c1-2-19-7-3-6-16-14(18-15)17-13-11-9-4-5-10(8-9)12(11)13/h9-13H,2-8,15H2,1H3,(H2,16,17,18). The summed E-state index contributed by atoms with van der Waals surface area (Å²) in [6, 6.07) is 0.632. The normalized spacial score (nSPS) is 39.3. The van der Waals surface area contributed by atoms with Crippen LogP contribution >= 0.6 is 0 Å². The Bertz CT molecular complexity index is 330. The third-order valence-electron chi connectivity index (χ3n) is 5.10. The van der Waals surface area contributed by atoms with E-state index in [1.807, 2.05) is 6.92 Å². The largest absolute Gasteiger partial charge is 0.382 e. The molecule has 0 amide bonds. The molecule has 0 aliphatic heterocycles. The predicted molar refractivity (Wildman–Crippen MR) is 75.5 cm³/mol. The van der Waals surface area contributed by atoms with E-state index in [9.17, 15) is 0 Å². The Hall–Kier alpha value is -0.810. The number of nitrogens with zero attached hydrogens (tertiary/aromatic N) is 1. The van der Waals surface area contributed by atoms with Gasteiger partial charge >= 0.3 is 0 Å². The van der Waals surface area contributed by atoms with Gasteiger partial charge in [0.1, 0.15) is 0 Å². The number of fused-ring (bicyclic) bond motifs is 5. The minimum Gasteiger partial charge on any atom is -0.382 e. The van der Waals surface area contributed by atoms with Crippen LogP contribution in [-0.4, -0.2) is 31.8 Å². The zero-order valence-corrected chi connectivity index (χ0v) is 11.8. The first kappa shape index (κ1) is 13.2. The van der Waals surface area contributed by atoms with Crippen molar-refractivity contribution in [2.24, 2.45) is 34.5 Å². The van der Waals surface area contributed by atoms with Crippen molar-refractivity contribution in [2.45, 2.75) is 38.6 Å². The number of rotatable bonds is 6. The first-order valence-electron chi connectivity index (χ1n) is 7.70. The summed E-state index contributed by atoms with van der Waals surface area (Å²) in [6.45, 7) is 4.33. The van der Waals surface area contributed by atoms with Gasteiger partial charge in [-0.3, -0.25) is 10.4 Å². The third-order valence-corrected chi connectivity index (χ3v) is 5.10. The minimum atomic E-state index is 0.632. The third kappa shape index (κ3) is 2.58. The smallest absolute Gasteiger partial charge is 0.205 e. The summed E-state index contributed by atoms with van der Waals surface area (Å²) < 4.78 is 5.30. The number of hydrogen-bond donors (Lipinski definition) is 3. The Labute approximate surface area is 115 Å². The van der Waals surface area contributed by atoms with E-state index in [0.29, 0.717) is 6.04 Å². The number of hydrazine groups is 1. The highest BCUT2D eigenvalue weighted by atomic mass is 16.5. The Morgan fingerprint density at radius 3 is 2.68 bits per heavy atom. The van der Waals surface area contributed by atoms with E-state index in [4.69, 9.17) is 10.6 Å². The maximum atomic E-state index is 5.55. The quantitative estimate of drug-likeness (QED) is 0.219. The fraction of sp³-hybridized carbons (Fsp3) is 0.929. The van der Waals surface area contributed by atoms with Crippen molar-refractivity contribution in [3.8, 4) is 0 Å². The van der Waals surface area contributed by atoms with Crippen LogP contribution in [0, 0.1) is 23.7 Å². The van der Waals surface area contributed by atoms with Gasteiger partial charge in [0.15, 0.2) is 0 Å². The lowest BCUT2D eigenvalue weighted by atomic mass is 10.0. The summed E-state index contributed by atoms with van der Waals surface area (Å²) in [5.41, 5.74) is 2.70. The Balaban J connectivity index is 1.42. The predicted octanol–water partition coefficient (Wildman–Crippen LogP) is 0.866. The molecule has 3 fully saturated rings. The van der Waals surface area contributed by atoms with E-state index in [1.165, 1.54) is 19.3 Å². The molecular formula is C14H26N4O. The van der Waals surface area contributed by atoms with Crippen molar-refractivity contribution in [1.29, 1.82) is 0 Å².